The third-order valence-corrected chi connectivity index (χ3v) is 4.35. The molecule has 0 fully saturated rings. The van der Waals surface area contributed by atoms with Crippen LogP contribution in [-0.4, -0.2) is 19.6 Å². The number of rotatable bonds is 2. The Morgan fingerprint density at radius 3 is 2.46 bits per heavy atom. The summed E-state index contributed by atoms with van der Waals surface area (Å²) >= 11 is 12.4. The Kier molecular flexibility index (Phi) is 3.71. The maximum absolute atomic E-state index is 6.40. The number of benzene rings is 2. The molecule has 4 rings (SSSR count). The molecule has 0 saturated heterocycles. The molecule has 24 heavy (non-hydrogen) atoms. The fourth-order valence-corrected chi connectivity index (χ4v) is 3.01. The minimum absolute atomic E-state index is 0.640. The molecule has 0 aliphatic heterocycles. The maximum Gasteiger partial charge on any atom is 0.167 e. The zero-order valence-corrected chi connectivity index (χ0v) is 14.3. The highest BCUT2D eigenvalue weighted by Crippen LogP contribution is 2.37. The highest BCUT2D eigenvalue weighted by atomic mass is 35.5. The molecule has 118 valence electrons. The van der Waals surface area contributed by atoms with Crippen LogP contribution in [0.5, 0.6) is 0 Å². The van der Waals surface area contributed by atoms with Crippen LogP contribution in [0.4, 0.5) is 0 Å². The molecule has 6 heteroatoms. The molecule has 0 spiro atoms. The van der Waals surface area contributed by atoms with E-state index in [4.69, 9.17) is 23.2 Å². The minimum atomic E-state index is 0.640. The van der Waals surface area contributed by atoms with E-state index in [0.29, 0.717) is 15.9 Å². The summed E-state index contributed by atoms with van der Waals surface area (Å²) in [5, 5.41) is 5.98. The Morgan fingerprint density at radius 2 is 1.71 bits per heavy atom. The van der Waals surface area contributed by atoms with Gasteiger partial charge in [-0.1, -0.05) is 53.5 Å². The van der Waals surface area contributed by atoms with Crippen molar-refractivity contribution in [2.75, 3.05) is 0 Å². The van der Waals surface area contributed by atoms with Crippen LogP contribution in [0, 0.1) is 6.92 Å². The summed E-state index contributed by atoms with van der Waals surface area (Å²) in [7, 11) is 0. The molecular formula is C18H12Cl2N4. The lowest BCUT2D eigenvalue weighted by molar-refractivity contribution is 0.871. The molecule has 0 N–H and O–H groups in total. The topological polar surface area (TPSA) is 43.1 Å². The first-order valence-corrected chi connectivity index (χ1v) is 8.12. The van der Waals surface area contributed by atoms with Crippen molar-refractivity contribution in [2.24, 2.45) is 0 Å². The SMILES string of the molecule is Cc1ncn2nc(-c3ccccc3Cl)c(-c3ccc(Cl)cc3)c2n1. The third kappa shape index (κ3) is 2.54. The Bertz CT molecular complexity index is 1040. The van der Waals surface area contributed by atoms with Crippen molar-refractivity contribution in [3.05, 3.63) is 70.7 Å². The lowest BCUT2D eigenvalue weighted by atomic mass is 10.0. The van der Waals surface area contributed by atoms with Crippen LogP contribution in [0.15, 0.2) is 54.9 Å². The molecule has 0 radical (unpaired) electrons. The van der Waals surface area contributed by atoms with Gasteiger partial charge in [-0.15, -0.1) is 0 Å². The summed E-state index contributed by atoms with van der Waals surface area (Å²) in [4.78, 5) is 8.78. The van der Waals surface area contributed by atoms with E-state index < -0.39 is 0 Å². The smallest absolute Gasteiger partial charge is 0.167 e. The summed E-state index contributed by atoms with van der Waals surface area (Å²) in [6.45, 7) is 1.85. The van der Waals surface area contributed by atoms with Crippen LogP contribution < -0.4 is 0 Å². The van der Waals surface area contributed by atoms with Crippen LogP contribution in [-0.2, 0) is 0 Å². The van der Waals surface area contributed by atoms with Gasteiger partial charge in [0.1, 0.15) is 17.8 Å². The highest BCUT2D eigenvalue weighted by Gasteiger charge is 2.19. The molecule has 0 atom stereocenters. The van der Waals surface area contributed by atoms with Gasteiger partial charge in [-0.25, -0.2) is 14.5 Å². The van der Waals surface area contributed by atoms with Gasteiger partial charge in [-0.05, 0) is 30.7 Å². The number of halogens is 2. The fourth-order valence-electron chi connectivity index (χ4n) is 2.66. The Balaban J connectivity index is 2.08. The Hall–Kier alpha value is -2.43. The molecule has 4 nitrogen and oxygen atoms in total. The maximum atomic E-state index is 6.40. The zero-order chi connectivity index (χ0) is 16.7. The first-order chi connectivity index (χ1) is 11.6. The van der Waals surface area contributed by atoms with Gasteiger partial charge in [0, 0.05) is 10.6 Å². The summed E-state index contributed by atoms with van der Waals surface area (Å²) in [5.41, 5.74) is 4.24. The lowest BCUT2D eigenvalue weighted by Gasteiger charge is -2.05. The van der Waals surface area contributed by atoms with Gasteiger partial charge in [0.2, 0.25) is 0 Å². The molecule has 0 aliphatic carbocycles. The highest BCUT2D eigenvalue weighted by molar-refractivity contribution is 6.33. The third-order valence-electron chi connectivity index (χ3n) is 3.77. The normalized spacial score (nSPS) is 11.1. The van der Waals surface area contributed by atoms with E-state index >= 15 is 0 Å². The van der Waals surface area contributed by atoms with Crippen LogP contribution in [0.3, 0.4) is 0 Å². The molecule has 0 unspecified atom stereocenters. The van der Waals surface area contributed by atoms with Crippen molar-refractivity contribution in [1.29, 1.82) is 0 Å². The molecule has 0 amide bonds. The van der Waals surface area contributed by atoms with Gasteiger partial charge >= 0.3 is 0 Å². The number of hydrogen-bond acceptors (Lipinski definition) is 3. The predicted octanol–water partition coefficient (Wildman–Crippen LogP) is 5.07. The molecule has 0 aliphatic rings. The van der Waals surface area contributed by atoms with Gasteiger partial charge in [0.05, 0.1) is 10.6 Å². The number of hydrogen-bond donors (Lipinski definition) is 0. The lowest BCUT2D eigenvalue weighted by Crippen LogP contribution is -1.95. The molecular weight excluding hydrogens is 343 g/mol. The van der Waals surface area contributed by atoms with E-state index in [2.05, 4.69) is 15.1 Å². The van der Waals surface area contributed by atoms with Crippen molar-refractivity contribution in [2.45, 2.75) is 6.92 Å². The first-order valence-electron chi connectivity index (χ1n) is 7.36. The second kappa shape index (κ2) is 5.89. The monoisotopic (exact) mass is 354 g/mol. The van der Waals surface area contributed by atoms with Crippen LogP contribution >= 0.6 is 23.2 Å². The van der Waals surface area contributed by atoms with E-state index in [1.54, 1.807) is 10.8 Å². The van der Waals surface area contributed by atoms with Gasteiger partial charge < -0.3 is 0 Å². The number of nitrogens with zero attached hydrogens (tertiary/aromatic N) is 4. The van der Waals surface area contributed by atoms with Gasteiger partial charge in [0.15, 0.2) is 5.65 Å². The minimum Gasteiger partial charge on any atom is -0.222 e. The van der Waals surface area contributed by atoms with E-state index in [1.807, 2.05) is 55.5 Å². The van der Waals surface area contributed by atoms with Crippen molar-refractivity contribution in [3.63, 3.8) is 0 Å². The zero-order valence-electron chi connectivity index (χ0n) is 12.7. The van der Waals surface area contributed by atoms with Crippen LogP contribution in [0.25, 0.3) is 28.0 Å². The summed E-state index contributed by atoms with van der Waals surface area (Å²) in [5.74, 6) is 0.684. The van der Waals surface area contributed by atoms with E-state index in [0.717, 1.165) is 28.0 Å². The van der Waals surface area contributed by atoms with E-state index in [-0.39, 0.29) is 0 Å². The molecule has 2 aromatic heterocycles. The molecule has 0 bridgehead atoms. The van der Waals surface area contributed by atoms with Crippen LogP contribution in [0.1, 0.15) is 5.82 Å². The first kappa shape index (κ1) is 15.1. The quantitative estimate of drug-likeness (QED) is 0.504. The molecule has 4 aromatic rings. The molecule has 2 aromatic carbocycles. The van der Waals surface area contributed by atoms with Crippen molar-refractivity contribution >= 4 is 28.8 Å². The second-order valence-electron chi connectivity index (χ2n) is 5.38. The molecule has 2 heterocycles. The van der Waals surface area contributed by atoms with Gasteiger partial charge in [-0.3, -0.25) is 0 Å². The average molecular weight is 355 g/mol. The van der Waals surface area contributed by atoms with Crippen LogP contribution in [0.2, 0.25) is 10.0 Å². The Labute approximate surface area is 148 Å². The van der Waals surface area contributed by atoms with Crippen molar-refractivity contribution in [1.82, 2.24) is 19.6 Å². The summed E-state index contributed by atoms with van der Waals surface area (Å²) in [6.07, 6.45) is 1.66. The largest absolute Gasteiger partial charge is 0.222 e. The van der Waals surface area contributed by atoms with Crippen molar-refractivity contribution in [3.8, 4) is 22.4 Å². The summed E-state index contributed by atoms with van der Waals surface area (Å²) < 4.78 is 1.68. The molecule has 0 saturated carbocycles. The van der Waals surface area contributed by atoms with E-state index in [9.17, 15) is 0 Å². The van der Waals surface area contributed by atoms with Crippen molar-refractivity contribution < 1.29 is 0 Å². The average Bonchev–Trinajstić information content (AvgIpc) is 2.94. The van der Waals surface area contributed by atoms with Gasteiger partial charge in [0.25, 0.3) is 0 Å². The summed E-state index contributed by atoms with van der Waals surface area (Å²) in [6, 6.07) is 15.2. The van der Waals surface area contributed by atoms with Gasteiger partial charge in [-0.2, -0.15) is 5.10 Å². The van der Waals surface area contributed by atoms with E-state index in [1.165, 1.54) is 0 Å². The fraction of sp³-hybridized carbons (Fsp3) is 0.0556. The second-order valence-corrected chi connectivity index (χ2v) is 6.23. The number of aryl methyl sites for hydroxylation is 1. The Morgan fingerprint density at radius 1 is 0.958 bits per heavy atom. The number of aromatic nitrogens is 4. The standard InChI is InChI=1S/C18H12Cl2N4/c1-11-21-10-24-18(22-11)16(12-6-8-13(19)9-7-12)17(23-24)14-4-2-3-5-15(14)20/h2-10H,1H3. The predicted molar refractivity (Wildman–Crippen MR) is 96.4 cm³/mol. The number of fused-ring (bicyclic) bond motifs is 1.